The second-order valence-electron chi connectivity index (χ2n) is 3.77. The highest BCUT2D eigenvalue weighted by Crippen LogP contribution is 2.17. The smallest absolute Gasteiger partial charge is 0.234 e. The van der Waals surface area contributed by atoms with E-state index in [0.29, 0.717) is 6.54 Å². The van der Waals surface area contributed by atoms with Gasteiger partial charge in [-0.05, 0) is 17.5 Å². The Hall–Kier alpha value is -1.44. The molecule has 0 atom stereocenters. The Balaban J connectivity index is 1.96. The first-order chi connectivity index (χ1) is 7.40. The van der Waals surface area contributed by atoms with Crippen LogP contribution in [0.25, 0.3) is 0 Å². The molecule has 78 valence electrons. The lowest BCUT2D eigenvalue weighted by atomic mass is 10.0. The SMILES string of the molecule is O=C=NCCN1CCc2ccccc2C1. The second kappa shape index (κ2) is 4.87. The van der Waals surface area contributed by atoms with Gasteiger partial charge in [-0.25, -0.2) is 9.79 Å². The standard InChI is InChI=1S/C12H14N2O/c15-10-13-6-8-14-7-5-11-3-1-2-4-12(11)9-14/h1-4H,5-9H2. The Morgan fingerprint density at radius 2 is 2.13 bits per heavy atom. The topological polar surface area (TPSA) is 32.7 Å². The van der Waals surface area contributed by atoms with E-state index in [1.54, 1.807) is 6.08 Å². The summed E-state index contributed by atoms with van der Waals surface area (Å²) in [6.07, 6.45) is 2.67. The number of nitrogens with zero attached hydrogens (tertiary/aromatic N) is 2. The molecular weight excluding hydrogens is 188 g/mol. The Kier molecular flexibility index (Phi) is 3.28. The summed E-state index contributed by atoms with van der Waals surface area (Å²) in [5, 5.41) is 0. The lowest BCUT2D eigenvalue weighted by Gasteiger charge is -2.27. The maximum atomic E-state index is 9.93. The Labute approximate surface area is 89.4 Å². The van der Waals surface area contributed by atoms with Crippen molar-refractivity contribution in [2.75, 3.05) is 19.6 Å². The molecule has 0 fully saturated rings. The van der Waals surface area contributed by atoms with Crippen molar-refractivity contribution < 1.29 is 4.79 Å². The second-order valence-corrected chi connectivity index (χ2v) is 3.77. The van der Waals surface area contributed by atoms with Crippen molar-refractivity contribution in [2.45, 2.75) is 13.0 Å². The fourth-order valence-corrected chi connectivity index (χ4v) is 1.98. The van der Waals surface area contributed by atoms with Crippen molar-refractivity contribution in [3.8, 4) is 0 Å². The molecule has 3 nitrogen and oxygen atoms in total. The van der Waals surface area contributed by atoms with Crippen LogP contribution in [0.1, 0.15) is 11.1 Å². The highest BCUT2D eigenvalue weighted by Gasteiger charge is 2.14. The van der Waals surface area contributed by atoms with Crippen LogP contribution in [-0.2, 0) is 17.8 Å². The maximum absolute atomic E-state index is 9.93. The third-order valence-corrected chi connectivity index (χ3v) is 2.80. The molecule has 0 aliphatic carbocycles. The predicted octanol–water partition coefficient (Wildman–Crippen LogP) is 1.38. The van der Waals surface area contributed by atoms with Crippen LogP contribution in [0.3, 0.4) is 0 Å². The first kappa shape index (κ1) is 10.1. The number of carbonyl (C=O) groups excluding carboxylic acids is 1. The van der Waals surface area contributed by atoms with Crippen LogP contribution in [0.15, 0.2) is 29.3 Å². The van der Waals surface area contributed by atoms with Gasteiger partial charge in [-0.15, -0.1) is 0 Å². The number of hydrogen-bond donors (Lipinski definition) is 0. The number of isocyanates is 1. The number of aliphatic imine (C=N–C) groups is 1. The van der Waals surface area contributed by atoms with Crippen LogP contribution in [0, 0.1) is 0 Å². The molecule has 0 aromatic heterocycles. The summed E-state index contributed by atoms with van der Waals surface area (Å²) in [5.41, 5.74) is 2.85. The van der Waals surface area contributed by atoms with Crippen molar-refractivity contribution in [3.05, 3.63) is 35.4 Å². The van der Waals surface area contributed by atoms with Crippen LogP contribution in [0.4, 0.5) is 0 Å². The van der Waals surface area contributed by atoms with Gasteiger partial charge in [-0.1, -0.05) is 24.3 Å². The Bertz CT molecular complexity index is 383. The zero-order chi connectivity index (χ0) is 10.5. The van der Waals surface area contributed by atoms with E-state index in [2.05, 4.69) is 34.2 Å². The van der Waals surface area contributed by atoms with Gasteiger partial charge in [0.05, 0.1) is 6.54 Å². The Morgan fingerprint density at radius 3 is 2.93 bits per heavy atom. The van der Waals surface area contributed by atoms with E-state index in [0.717, 1.165) is 26.1 Å². The minimum atomic E-state index is 0.561. The monoisotopic (exact) mass is 202 g/mol. The molecule has 1 aromatic rings. The van der Waals surface area contributed by atoms with Gasteiger partial charge in [0.15, 0.2) is 0 Å². The zero-order valence-electron chi connectivity index (χ0n) is 8.65. The minimum Gasteiger partial charge on any atom is -0.297 e. The molecule has 1 aliphatic heterocycles. The van der Waals surface area contributed by atoms with Gasteiger partial charge in [-0.3, -0.25) is 4.90 Å². The lowest BCUT2D eigenvalue weighted by molar-refractivity contribution is 0.261. The van der Waals surface area contributed by atoms with E-state index in [4.69, 9.17) is 0 Å². The summed E-state index contributed by atoms with van der Waals surface area (Å²) >= 11 is 0. The fourth-order valence-electron chi connectivity index (χ4n) is 1.98. The Morgan fingerprint density at radius 1 is 1.33 bits per heavy atom. The van der Waals surface area contributed by atoms with E-state index < -0.39 is 0 Å². The third-order valence-electron chi connectivity index (χ3n) is 2.80. The largest absolute Gasteiger partial charge is 0.297 e. The molecule has 1 aliphatic rings. The van der Waals surface area contributed by atoms with Crippen LogP contribution in [0.2, 0.25) is 0 Å². The van der Waals surface area contributed by atoms with Gasteiger partial charge >= 0.3 is 0 Å². The van der Waals surface area contributed by atoms with E-state index >= 15 is 0 Å². The fraction of sp³-hybridized carbons (Fsp3) is 0.417. The molecule has 0 spiro atoms. The molecular formula is C12H14N2O. The first-order valence-electron chi connectivity index (χ1n) is 5.23. The molecule has 0 saturated heterocycles. The summed E-state index contributed by atoms with van der Waals surface area (Å²) in [6, 6.07) is 8.53. The van der Waals surface area contributed by atoms with Gasteiger partial charge in [0, 0.05) is 19.6 Å². The number of benzene rings is 1. The van der Waals surface area contributed by atoms with Crippen molar-refractivity contribution in [1.29, 1.82) is 0 Å². The lowest BCUT2D eigenvalue weighted by Crippen LogP contribution is -2.32. The van der Waals surface area contributed by atoms with Crippen molar-refractivity contribution in [2.24, 2.45) is 4.99 Å². The highest BCUT2D eigenvalue weighted by atomic mass is 16.1. The zero-order valence-corrected chi connectivity index (χ0v) is 8.65. The summed E-state index contributed by atoms with van der Waals surface area (Å²) in [4.78, 5) is 15.8. The summed E-state index contributed by atoms with van der Waals surface area (Å²) in [7, 11) is 0. The highest BCUT2D eigenvalue weighted by molar-refractivity contribution is 5.32. The molecule has 0 radical (unpaired) electrons. The molecule has 1 aromatic carbocycles. The number of hydrogen-bond acceptors (Lipinski definition) is 3. The summed E-state index contributed by atoms with van der Waals surface area (Å²) in [5.74, 6) is 0. The van der Waals surface area contributed by atoms with Gasteiger partial charge < -0.3 is 0 Å². The van der Waals surface area contributed by atoms with Gasteiger partial charge in [0.2, 0.25) is 6.08 Å². The van der Waals surface area contributed by atoms with Crippen molar-refractivity contribution in [1.82, 2.24) is 4.90 Å². The quantitative estimate of drug-likeness (QED) is 0.548. The number of fused-ring (bicyclic) bond motifs is 1. The molecule has 0 amide bonds. The maximum Gasteiger partial charge on any atom is 0.234 e. The molecule has 0 saturated carbocycles. The van der Waals surface area contributed by atoms with E-state index in [1.165, 1.54) is 11.1 Å². The van der Waals surface area contributed by atoms with Crippen LogP contribution in [-0.4, -0.2) is 30.6 Å². The van der Waals surface area contributed by atoms with Crippen LogP contribution in [0.5, 0.6) is 0 Å². The van der Waals surface area contributed by atoms with Gasteiger partial charge in [-0.2, -0.15) is 0 Å². The average molecular weight is 202 g/mol. The molecule has 0 bridgehead atoms. The van der Waals surface area contributed by atoms with Crippen molar-refractivity contribution in [3.63, 3.8) is 0 Å². The molecule has 0 N–H and O–H groups in total. The first-order valence-corrected chi connectivity index (χ1v) is 5.23. The molecule has 2 rings (SSSR count). The summed E-state index contributed by atoms with van der Waals surface area (Å²) in [6.45, 7) is 3.45. The normalized spacial score (nSPS) is 15.5. The van der Waals surface area contributed by atoms with Crippen LogP contribution < -0.4 is 0 Å². The molecule has 1 heterocycles. The van der Waals surface area contributed by atoms with E-state index in [-0.39, 0.29) is 0 Å². The summed E-state index contributed by atoms with van der Waals surface area (Å²) < 4.78 is 0. The predicted molar refractivity (Wildman–Crippen MR) is 58.4 cm³/mol. The molecule has 15 heavy (non-hydrogen) atoms. The minimum absolute atomic E-state index is 0.561. The molecule has 3 heteroatoms. The molecule has 0 unspecified atom stereocenters. The van der Waals surface area contributed by atoms with Crippen LogP contribution >= 0.6 is 0 Å². The van der Waals surface area contributed by atoms with E-state index in [9.17, 15) is 4.79 Å². The number of rotatable bonds is 3. The third kappa shape index (κ3) is 2.52. The van der Waals surface area contributed by atoms with Crippen molar-refractivity contribution >= 4 is 6.08 Å². The van der Waals surface area contributed by atoms with Gasteiger partial charge in [0.25, 0.3) is 0 Å². The van der Waals surface area contributed by atoms with Gasteiger partial charge in [0.1, 0.15) is 0 Å². The average Bonchev–Trinajstić information content (AvgIpc) is 2.29. The van der Waals surface area contributed by atoms with E-state index in [1.807, 2.05) is 0 Å².